The molecule has 0 atom stereocenters. The number of carbonyl (C=O) groups excluding carboxylic acids is 1. The Hall–Kier alpha value is -2.79. The second-order valence-corrected chi connectivity index (χ2v) is 6.63. The zero-order valence-electron chi connectivity index (χ0n) is 15.2. The minimum Gasteiger partial charge on any atom is -0.496 e. The van der Waals surface area contributed by atoms with Crippen LogP contribution >= 0.6 is 11.6 Å². The van der Waals surface area contributed by atoms with Crippen LogP contribution in [0.5, 0.6) is 5.75 Å². The third-order valence-corrected chi connectivity index (χ3v) is 4.50. The van der Waals surface area contributed by atoms with Crippen molar-refractivity contribution in [2.75, 3.05) is 13.7 Å². The fraction of sp³-hybridized carbons (Fsp3) is 0.238. The van der Waals surface area contributed by atoms with Gasteiger partial charge in [-0.25, -0.2) is 4.98 Å². The molecule has 1 heterocycles. The van der Waals surface area contributed by atoms with Crippen molar-refractivity contribution < 1.29 is 9.53 Å². The number of carbonyl (C=O) groups is 1. The summed E-state index contributed by atoms with van der Waals surface area (Å²) in [6.45, 7) is 1.29. The molecular formula is C21H22ClN3O2. The van der Waals surface area contributed by atoms with Gasteiger partial charge < -0.3 is 14.6 Å². The number of hydrogen-bond acceptors (Lipinski definition) is 3. The Morgan fingerprint density at radius 3 is 2.81 bits per heavy atom. The van der Waals surface area contributed by atoms with Crippen LogP contribution in [0.2, 0.25) is 5.02 Å². The molecule has 0 saturated heterocycles. The Kier molecular flexibility index (Phi) is 6.49. The van der Waals surface area contributed by atoms with Gasteiger partial charge in [0.15, 0.2) is 0 Å². The lowest BCUT2D eigenvalue weighted by molar-refractivity contribution is -0.120. The van der Waals surface area contributed by atoms with Gasteiger partial charge in [0.05, 0.1) is 13.5 Å². The summed E-state index contributed by atoms with van der Waals surface area (Å²) in [5.41, 5.74) is 1.99. The van der Waals surface area contributed by atoms with Gasteiger partial charge in [0.1, 0.15) is 11.6 Å². The Balaban J connectivity index is 1.53. The lowest BCUT2D eigenvalue weighted by Crippen LogP contribution is -2.28. The third-order valence-electron chi connectivity index (χ3n) is 4.26. The first-order valence-corrected chi connectivity index (χ1v) is 9.16. The number of nitrogens with one attached hydrogen (secondary N) is 1. The van der Waals surface area contributed by atoms with Gasteiger partial charge in [-0.05, 0) is 23.8 Å². The van der Waals surface area contributed by atoms with E-state index in [2.05, 4.69) is 27.0 Å². The highest BCUT2D eigenvalue weighted by molar-refractivity contribution is 6.30. The van der Waals surface area contributed by atoms with Gasteiger partial charge in [-0.1, -0.05) is 41.9 Å². The molecule has 1 N–H and O–H groups in total. The number of amides is 1. The zero-order chi connectivity index (χ0) is 19.1. The molecular weight excluding hydrogens is 362 g/mol. The van der Waals surface area contributed by atoms with Crippen LogP contribution in [0, 0.1) is 0 Å². The summed E-state index contributed by atoms with van der Waals surface area (Å²) in [6.07, 6.45) is 4.64. The molecule has 0 spiro atoms. The molecule has 0 aliphatic heterocycles. The van der Waals surface area contributed by atoms with Crippen molar-refractivity contribution in [1.82, 2.24) is 14.9 Å². The number of rotatable bonds is 8. The molecule has 6 heteroatoms. The predicted octanol–water partition coefficient (Wildman–Crippen LogP) is 3.49. The van der Waals surface area contributed by atoms with Crippen LogP contribution in [0.3, 0.4) is 0 Å². The summed E-state index contributed by atoms with van der Waals surface area (Å²) < 4.78 is 7.38. The zero-order valence-corrected chi connectivity index (χ0v) is 15.9. The second-order valence-electron chi connectivity index (χ2n) is 6.19. The number of hydrogen-bond donors (Lipinski definition) is 1. The summed E-state index contributed by atoms with van der Waals surface area (Å²) in [5, 5.41) is 3.53. The topological polar surface area (TPSA) is 56.1 Å². The Bertz CT molecular complexity index is 893. The van der Waals surface area contributed by atoms with Crippen LogP contribution in [0.25, 0.3) is 0 Å². The summed E-state index contributed by atoms with van der Waals surface area (Å²) in [6, 6.07) is 15.5. The van der Waals surface area contributed by atoms with E-state index < -0.39 is 0 Å². The summed E-state index contributed by atoms with van der Waals surface area (Å²) in [7, 11) is 1.58. The standard InChI is InChI=1S/C21H22ClN3O2/c1-27-19-8-7-18(22)13-17(19)14-21(26)24-10-9-20-23-11-12-25(20)15-16-5-3-2-4-6-16/h2-8,11-13H,9-10,14-15H2,1H3,(H,24,26). The Morgan fingerprint density at radius 2 is 2.04 bits per heavy atom. The molecule has 1 amide bonds. The lowest BCUT2D eigenvalue weighted by Gasteiger charge is -2.11. The third kappa shape index (κ3) is 5.34. The van der Waals surface area contributed by atoms with E-state index in [1.165, 1.54) is 5.56 Å². The lowest BCUT2D eigenvalue weighted by atomic mass is 10.1. The molecule has 0 bridgehead atoms. The minimum absolute atomic E-state index is 0.0725. The normalized spacial score (nSPS) is 10.6. The molecule has 0 aliphatic carbocycles. The molecule has 3 rings (SSSR count). The van der Waals surface area contributed by atoms with Crippen molar-refractivity contribution in [2.45, 2.75) is 19.4 Å². The first kappa shape index (κ1) is 19.0. The molecule has 0 radical (unpaired) electrons. The van der Waals surface area contributed by atoms with Gasteiger partial charge in [0, 0.05) is 42.5 Å². The van der Waals surface area contributed by atoms with E-state index in [4.69, 9.17) is 16.3 Å². The van der Waals surface area contributed by atoms with Crippen LogP contribution in [0.4, 0.5) is 0 Å². The highest BCUT2D eigenvalue weighted by atomic mass is 35.5. The Labute approximate surface area is 164 Å². The molecule has 0 saturated carbocycles. The Morgan fingerprint density at radius 1 is 1.22 bits per heavy atom. The van der Waals surface area contributed by atoms with E-state index in [9.17, 15) is 4.79 Å². The maximum absolute atomic E-state index is 12.3. The number of benzene rings is 2. The maximum atomic E-state index is 12.3. The second kappa shape index (κ2) is 9.24. The number of methoxy groups -OCH3 is 1. The van der Waals surface area contributed by atoms with Crippen molar-refractivity contribution in [2.24, 2.45) is 0 Å². The molecule has 2 aromatic carbocycles. The van der Waals surface area contributed by atoms with Gasteiger partial charge in [0.25, 0.3) is 0 Å². The van der Waals surface area contributed by atoms with E-state index in [1.54, 1.807) is 31.5 Å². The first-order valence-electron chi connectivity index (χ1n) is 8.79. The van der Waals surface area contributed by atoms with Crippen molar-refractivity contribution >= 4 is 17.5 Å². The fourth-order valence-electron chi connectivity index (χ4n) is 2.93. The summed E-state index contributed by atoms with van der Waals surface area (Å²) >= 11 is 6.01. The molecule has 0 aliphatic rings. The SMILES string of the molecule is COc1ccc(Cl)cc1CC(=O)NCCc1nccn1Cc1ccccc1. The minimum atomic E-state index is -0.0725. The average molecular weight is 384 g/mol. The number of nitrogens with zero attached hydrogens (tertiary/aromatic N) is 2. The summed E-state index contributed by atoms with van der Waals surface area (Å²) in [5.74, 6) is 1.53. The fourth-order valence-corrected chi connectivity index (χ4v) is 3.12. The highest BCUT2D eigenvalue weighted by Gasteiger charge is 2.10. The van der Waals surface area contributed by atoms with E-state index in [1.807, 2.05) is 24.4 Å². The number of ether oxygens (including phenoxy) is 1. The van der Waals surface area contributed by atoms with Crippen LogP contribution < -0.4 is 10.1 Å². The molecule has 1 aromatic heterocycles. The van der Waals surface area contributed by atoms with Gasteiger partial charge in [-0.15, -0.1) is 0 Å². The van der Waals surface area contributed by atoms with Crippen LogP contribution in [0.15, 0.2) is 60.9 Å². The van der Waals surface area contributed by atoms with E-state index in [-0.39, 0.29) is 12.3 Å². The maximum Gasteiger partial charge on any atom is 0.224 e. The molecule has 0 unspecified atom stereocenters. The average Bonchev–Trinajstić information content (AvgIpc) is 3.10. The van der Waals surface area contributed by atoms with Gasteiger partial charge in [0.2, 0.25) is 5.91 Å². The molecule has 5 nitrogen and oxygen atoms in total. The number of imidazole rings is 1. The van der Waals surface area contributed by atoms with Crippen molar-refractivity contribution in [3.63, 3.8) is 0 Å². The van der Waals surface area contributed by atoms with E-state index in [0.29, 0.717) is 23.7 Å². The molecule has 27 heavy (non-hydrogen) atoms. The summed E-state index contributed by atoms with van der Waals surface area (Å²) in [4.78, 5) is 16.7. The monoisotopic (exact) mass is 383 g/mol. The first-order chi connectivity index (χ1) is 13.2. The molecule has 3 aromatic rings. The van der Waals surface area contributed by atoms with Gasteiger partial charge in [-0.3, -0.25) is 4.79 Å². The number of aromatic nitrogens is 2. The van der Waals surface area contributed by atoms with Gasteiger partial charge >= 0.3 is 0 Å². The molecule has 0 fully saturated rings. The van der Waals surface area contributed by atoms with E-state index >= 15 is 0 Å². The molecule has 140 valence electrons. The number of halogens is 1. The van der Waals surface area contributed by atoms with Crippen LogP contribution in [0.1, 0.15) is 17.0 Å². The van der Waals surface area contributed by atoms with Crippen molar-refractivity contribution in [3.8, 4) is 5.75 Å². The van der Waals surface area contributed by atoms with Crippen molar-refractivity contribution in [3.05, 3.63) is 82.9 Å². The predicted molar refractivity (Wildman–Crippen MR) is 106 cm³/mol. The van der Waals surface area contributed by atoms with Gasteiger partial charge in [-0.2, -0.15) is 0 Å². The highest BCUT2D eigenvalue weighted by Crippen LogP contribution is 2.22. The smallest absolute Gasteiger partial charge is 0.224 e. The van der Waals surface area contributed by atoms with Crippen LogP contribution in [-0.2, 0) is 24.2 Å². The van der Waals surface area contributed by atoms with E-state index in [0.717, 1.165) is 17.9 Å². The van der Waals surface area contributed by atoms with Crippen molar-refractivity contribution in [1.29, 1.82) is 0 Å². The largest absolute Gasteiger partial charge is 0.496 e. The quantitative estimate of drug-likeness (QED) is 0.647. The van der Waals surface area contributed by atoms with Crippen LogP contribution in [-0.4, -0.2) is 29.1 Å².